The molecule has 0 aromatic heterocycles. The van der Waals surface area contributed by atoms with E-state index in [4.69, 9.17) is 11.6 Å². The first-order valence-corrected chi connectivity index (χ1v) is 6.74. The van der Waals surface area contributed by atoms with Crippen molar-refractivity contribution in [3.05, 3.63) is 34.9 Å². The standard InChI is InChI=1S/C14H21ClN2/c1-11(12-5-3-6-13(15)9-12)17(2)14-7-4-8-16-10-14/h3,5-6,9,11,14,16H,4,7-8,10H2,1-2H3. The van der Waals surface area contributed by atoms with Gasteiger partial charge in [-0.15, -0.1) is 0 Å². The molecule has 0 saturated carbocycles. The first kappa shape index (κ1) is 12.9. The van der Waals surface area contributed by atoms with Crippen molar-refractivity contribution in [1.29, 1.82) is 0 Å². The third kappa shape index (κ3) is 3.21. The number of rotatable bonds is 3. The maximum Gasteiger partial charge on any atom is 0.0409 e. The van der Waals surface area contributed by atoms with Crippen LogP contribution >= 0.6 is 11.6 Å². The summed E-state index contributed by atoms with van der Waals surface area (Å²) in [5, 5.41) is 4.29. The molecule has 1 aromatic rings. The summed E-state index contributed by atoms with van der Waals surface area (Å²) in [7, 11) is 2.21. The number of hydrogen-bond donors (Lipinski definition) is 1. The number of halogens is 1. The lowest BCUT2D eigenvalue weighted by Crippen LogP contribution is -2.45. The molecule has 1 aromatic carbocycles. The van der Waals surface area contributed by atoms with Crippen LogP contribution in [-0.2, 0) is 0 Å². The topological polar surface area (TPSA) is 15.3 Å². The predicted octanol–water partition coefficient (Wildman–Crippen LogP) is 3.08. The minimum absolute atomic E-state index is 0.415. The van der Waals surface area contributed by atoms with Gasteiger partial charge in [-0.25, -0.2) is 0 Å². The highest BCUT2D eigenvalue weighted by Gasteiger charge is 2.22. The second-order valence-electron chi connectivity index (χ2n) is 4.90. The minimum atomic E-state index is 0.415. The summed E-state index contributed by atoms with van der Waals surface area (Å²) in [4.78, 5) is 2.46. The molecular weight excluding hydrogens is 232 g/mol. The average molecular weight is 253 g/mol. The maximum absolute atomic E-state index is 6.05. The summed E-state index contributed by atoms with van der Waals surface area (Å²) in [6.07, 6.45) is 2.56. The number of likely N-dealkylation sites (N-methyl/N-ethyl adjacent to an activating group) is 1. The van der Waals surface area contributed by atoms with Crippen LogP contribution in [0, 0.1) is 0 Å². The van der Waals surface area contributed by atoms with E-state index >= 15 is 0 Å². The van der Waals surface area contributed by atoms with Crippen molar-refractivity contribution in [2.24, 2.45) is 0 Å². The van der Waals surface area contributed by atoms with Crippen LogP contribution in [0.4, 0.5) is 0 Å². The molecule has 0 amide bonds. The highest BCUT2D eigenvalue weighted by molar-refractivity contribution is 6.30. The number of benzene rings is 1. The Labute approximate surface area is 109 Å². The molecular formula is C14H21ClN2. The monoisotopic (exact) mass is 252 g/mol. The molecule has 1 aliphatic heterocycles. The molecule has 17 heavy (non-hydrogen) atoms. The number of hydrogen-bond acceptors (Lipinski definition) is 2. The van der Waals surface area contributed by atoms with Crippen LogP contribution in [0.2, 0.25) is 5.02 Å². The van der Waals surface area contributed by atoms with Gasteiger partial charge in [0.1, 0.15) is 0 Å². The molecule has 94 valence electrons. The molecule has 0 spiro atoms. The Morgan fingerprint density at radius 1 is 1.47 bits per heavy atom. The summed E-state index contributed by atoms with van der Waals surface area (Å²) in [6.45, 7) is 4.51. The van der Waals surface area contributed by atoms with Crippen molar-refractivity contribution >= 4 is 11.6 Å². The maximum atomic E-state index is 6.05. The van der Waals surface area contributed by atoms with Gasteiger partial charge in [0.2, 0.25) is 0 Å². The molecule has 0 bridgehead atoms. The first-order chi connectivity index (χ1) is 8.18. The Balaban J connectivity index is 2.05. The highest BCUT2D eigenvalue weighted by Crippen LogP contribution is 2.25. The van der Waals surface area contributed by atoms with Gasteiger partial charge < -0.3 is 5.32 Å². The van der Waals surface area contributed by atoms with Crippen LogP contribution in [0.1, 0.15) is 31.4 Å². The Kier molecular flexibility index (Phi) is 4.43. The van der Waals surface area contributed by atoms with Crippen molar-refractivity contribution in [2.75, 3.05) is 20.1 Å². The fourth-order valence-corrected chi connectivity index (χ4v) is 2.70. The molecule has 1 aliphatic rings. The van der Waals surface area contributed by atoms with Gasteiger partial charge in [0.25, 0.3) is 0 Å². The average Bonchev–Trinajstić information content (AvgIpc) is 2.38. The molecule has 0 aliphatic carbocycles. The second-order valence-corrected chi connectivity index (χ2v) is 5.33. The zero-order chi connectivity index (χ0) is 12.3. The zero-order valence-electron chi connectivity index (χ0n) is 10.6. The Hall–Kier alpha value is -0.570. The van der Waals surface area contributed by atoms with Crippen molar-refractivity contribution in [1.82, 2.24) is 10.2 Å². The van der Waals surface area contributed by atoms with Gasteiger partial charge in [-0.1, -0.05) is 23.7 Å². The number of nitrogens with one attached hydrogen (secondary N) is 1. The Bertz CT molecular complexity index is 361. The third-order valence-electron chi connectivity index (χ3n) is 3.79. The highest BCUT2D eigenvalue weighted by atomic mass is 35.5. The normalized spacial score (nSPS) is 22.7. The van der Waals surface area contributed by atoms with E-state index in [9.17, 15) is 0 Å². The SMILES string of the molecule is CC(c1cccc(Cl)c1)N(C)C1CCCNC1. The van der Waals surface area contributed by atoms with Gasteiger partial charge in [0.15, 0.2) is 0 Å². The lowest BCUT2D eigenvalue weighted by atomic mass is 10.0. The lowest BCUT2D eigenvalue weighted by Gasteiger charge is -2.36. The van der Waals surface area contributed by atoms with E-state index in [-0.39, 0.29) is 0 Å². The third-order valence-corrected chi connectivity index (χ3v) is 4.02. The first-order valence-electron chi connectivity index (χ1n) is 6.36. The van der Waals surface area contributed by atoms with Gasteiger partial charge in [-0.2, -0.15) is 0 Å². The smallest absolute Gasteiger partial charge is 0.0409 e. The molecule has 1 fully saturated rings. The van der Waals surface area contributed by atoms with Crippen molar-refractivity contribution in [3.63, 3.8) is 0 Å². The summed E-state index contributed by atoms with van der Waals surface area (Å²) in [5.41, 5.74) is 1.30. The largest absolute Gasteiger partial charge is 0.315 e. The number of nitrogens with zero attached hydrogens (tertiary/aromatic N) is 1. The van der Waals surface area contributed by atoms with E-state index in [0.717, 1.165) is 18.1 Å². The van der Waals surface area contributed by atoms with E-state index in [1.807, 2.05) is 12.1 Å². The van der Waals surface area contributed by atoms with Crippen LogP contribution in [-0.4, -0.2) is 31.1 Å². The quantitative estimate of drug-likeness (QED) is 0.890. The van der Waals surface area contributed by atoms with E-state index in [1.54, 1.807) is 0 Å². The van der Waals surface area contributed by atoms with Crippen LogP contribution < -0.4 is 5.32 Å². The second kappa shape index (κ2) is 5.85. The van der Waals surface area contributed by atoms with Crippen LogP contribution in [0.3, 0.4) is 0 Å². The molecule has 1 N–H and O–H groups in total. The van der Waals surface area contributed by atoms with Crippen LogP contribution in [0.5, 0.6) is 0 Å². The molecule has 0 radical (unpaired) electrons. The van der Waals surface area contributed by atoms with Crippen molar-refractivity contribution in [2.45, 2.75) is 31.8 Å². The van der Waals surface area contributed by atoms with Crippen LogP contribution in [0.25, 0.3) is 0 Å². The van der Waals surface area contributed by atoms with Gasteiger partial charge in [0.05, 0.1) is 0 Å². The molecule has 2 rings (SSSR count). The molecule has 2 atom stereocenters. The summed E-state index contributed by atoms with van der Waals surface area (Å²) < 4.78 is 0. The molecule has 1 heterocycles. The van der Waals surface area contributed by atoms with Gasteiger partial charge in [-0.3, -0.25) is 4.90 Å². The van der Waals surface area contributed by atoms with Crippen LogP contribution in [0.15, 0.2) is 24.3 Å². The predicted molar refractivity (Wildman–Crippen MR) is 73.5 cm³/mol. The number of piperidine rings is 1. The summed E-state index contributed by atoms with van der Waals surface area (Å²) in [6, 6.07) is 9.24. The molecule has 2 unspecified atom stereocenters. The van der Waals surface area contributed by atoms with Gasteiger partial charge in [-0.05, 0) is 51.1 Å². The van der Waals surface area contributed by atoms with E-state index in [2.05, 4.69) is 36.3 Å². The fraction of sp³-hybridized carbons (Fsp3) is 0.571. The van der Waals surface area contributed by atoms with E-state index in [1.165, 1.54) is 18.4 Å². The Morgan fingerprint density at radius 3 is 2.94 bits per heavy atom. The van der Waals surface area contributed by atoms with Crippen molar-refractivity contribution < 1.29 is 0 Å². The lowest BCUT2D eigenvalue weighted by molar-refractivity contribution is 0.156. The molecule has 3 heteroatoms. The van der Waals surface area contributed by atoms with E-state index in [0.29, 0.717) is 12.1 Å². The molecule has 2 nitrogen and oxygen atoms in total. The minimum Gasteiger partial charge on any atom is -0.315 e. The fourth-order valence-electron chi connectivity index (χ4n) is 2.50. The molecule has 1 saturated heterocycles. The van der Waals surface area contributed by atoms with E-state index < -0.39 is 0 Å². The summed E-state index contributed by atoms with van der Waals surface area (Å²) in [5.74, 6) is 0. The van der Waals surface area contributed by atoms with Gasteiger partial charge >= 0.3 is 0 Å². The van der Waals surface area contributed by atoms with Gasteiger partial charge in [0, 0.05) is 23.7 Å². The summed E-state index contributed by atoms with van der Waals surface area (Å²) >= 11 is 6.05. The zero-order valence-corrected chi connectivity index (χ0v) is 11.4. The Morgan fingerprint density at radius 2 is 2.29 bits per heavy atom. The van der Waals surface area contributed by atoms with Crippen molar-refractivity contribution in [3.8, 4) is 0 Å².